The van der Waals surface area contributed by atoms with E-state index in [0.29, 0.717) is 22.9 Å². The fraction of sp³-hybridized carbons (Fsp3) is 0.333. The van der Waals surface area contributed by atoms with Gasteiger partial charge in [-0.2, -0.15) is 5.01 Å². The van der Waals surface area contributed by atoms with E-state index < -0.39 is 23.4 Å². The highest BCUT2D eigenvalue weighted by molar-refractivity contribution is 7.13. The fourth-order valence-corrected chi connectivity index (χ4v) is 4.49. The summed E-state index contributed by atoms with van der Waals surface area (Å²) in [4.78, 5) is 41.8. The van der Waals surface area contributed by atoms with Crippen LogP contribution in [0, 0.1) is 0 Å². The summed E-state index contributed by atoms with van der Waals surface area (Å²) in [6.07, 6.45) is 3.99. The number of aromatic nitrogens is 1. The standard InChI is InChI=1S/C18H17ClN4O3S/c19-12-6-4-5-11(9-12)15-20-13(10-27-15)14(24)22-23-16(25)18(21-17(23)26)7-2-1-3-8-18/h4-6,9-10H,1-3,7-8H2,(H,21,26)(H,22,24). The van der Waals surface area contributed by atoms with Crippen molar-refractivity contribution in [3.8, 4) is 10.6 Å². The zero-order valence-corrected chi connectivity index (χ0v) is 15.9. The molecule has 140 valence electrons. The highest BCUT2D eigenvalue weighted by Gasteiger charge is 2.52. The van der Waals surface area contributed by atoms with Crippen LogP contribution in [0.25, 0.3) is 10.6 Å². The third-order valence-corrected chi connectivity index (χ3v) is 6.02. The number of hydrogen-bond acceptors (Lipinski definition) is 5. The first-order valence-electron chi connectivity index (χ1n) is 8.68. The molecule has 2 aliphatic rings. The van der Waals surface area contributed by atoms with Crippen molar-refractivity contribution < 1.29 is 14.4 Å². The molecule has 9 heteroatoms. The third kappa shape index (κ3) is 3.30. The van der Waals surface area contributed by atoms with Gasteiger partial charge in [-0.05, 0) is 25.0 Å². The van der Waals surface area contributed by atoms with Gasteiger partial charge in [-0.3, -0.25) is 15.0 Å². The topological polar surface area (TPSA) is 91.4 Å². The molecule has 1 saturated carbocycles. The molecule has 2 fully saturated rings. The fourth-order valence-electron chi connectivity index (χ4n) is 3.51. The molecule has 4 amide bonds. The molecular formula is C18H17ClN4O3S. The molecule has 1 aromatic heterocycles. The number of hydrogen-bond donors (Lipinski definition) is 2. The van der Waals surface area contributed by atoms with Crippen LogP contribution in [-0.2, 0) is 4.79 Å². The largest absolute Gasteiger partial charge is 0.344 e. The van der Waals surface area contributed by atoms with Gasteiger partial charge in [-0.1, -0.05) is 43.0 Å². The maximum atomic E-state index is 12.7. The van der Waals surface area contributed by atoms with E-state index >= 15 is 0 Å². The molecule has 4 rings (SSSR count). The lowest BCUT2D eigenvalue weighted by Gasteiger charge is -2.30. The Balaban J connectivity index is 1.50. The lowest BCUT2D eigenvalue weighted by Crippen LogP contribution is -2.51. The van der Waals surface area contributed by atoms with E-state index in [1.54, 1.807) is 23.6 Å². The highest BCUT2D eigenvalue weighted by Crippen LogP contribution is 2.33. The van der Waals surface area contributed by atoms with Crippen molar-refractivity contribution in [2.75, 3.05) is 0 Å². The van der Waals surface area contributed by atoms with E-state index in [1.807, 2.05) is 6.07 Å². The molecule has 2 heterocycles. The smallest absolute Gasteiger partial charge is 0.322 e. The van der Waals surface area contributed by atoms with Crippen LogP contribution in [0.4, 0.5) is 4.79 Å². The Bertz CT molecular complexity index is 923. The molecule has 2 aromatic rings. The molecule has 0 atom stereocenters. The van der Waals surface area contributed by atoms with Gasteiger partial charge in [-0.25, -0.2) is 9.78 Å². The number of hydrazine groups is 1. The van der Waals surface area contributed by atoms with Crippen LogP contribution in [-0.4, -0.2) is 33.4 Å². The number of rotatable bonds is 3. The number of halogens is 1. The van der Waals surface area contributed by atoms with Gasteiger partial charge in [0.1, 0.15) is 16.2 Å². The second-order valence-corrected chi connectivity index (χ2v) is 8.00. The molecule has 7 nitrogen and oxygen atoms in total. The Morgan fingerprint density at radius 1 is 1.26 bits per heavy atom. The van der Waals surface area contributed by atoms with E-state index in [0.717, 1.165) is 29.8 Å². The van der Waals surface area contributed by atoms with Crippen molar-refractivity contribution in [3.63, 3.8) is 0 Å². The summed E-state index contributed by atoms with van der Waals surface area (Å²) in [5, 5.41) is 6.32. The summed E-state index contributed by atoms with van der Waals surface area (Å²) in [6.45, 7) is 0. The van der Waals surface area contributed by atoms with E-state index in [2.05, 4.69) is 15.7 Å². The monoisotopic (exact) mass is 404 g/mol. The zero-order chi connectivity index (χ0) is 19.0. The van der Waals surface area contributed by atoms with Gasteiger partial charge >= 0.3 is 6.03 Å². The second kappa shape index (κ2) is 6.94. The molecule has 1 spiro atoms. The summed E-state index contributed by atoms with van der Waals surface area (Å²) in [5.74, 6) is -0.998. The maximum Gasteiger partial charge on any atom is 0.344 e. The number of amides is 4. The number of urea groups is 1. The van der Waals surface area contributed by atoms with Crippen LogP contribution in [0.15, 0.2) is 29.6 Å². The first-order valence-corrected chi connectivity index (χ1v) is 9.93. The van der Waals surface area contributed by atoms with E-state index in [1.165, 1.54) is 11.3 Å². The summed E-state index contributed by atoms with van der Waals surface area (Å²) in [7, 11) is 0. The second-order valence-electron chi connectivity index (χ2n) is 6.70. The molecule has 1 aliphatic carbocycles. The van der Waals surface area contributed by atoms with Gasteiger partial charge in [0.05, 0.1) is 0 Å². The van der Waals surface area contributed by atoms with Crippen LogP contribution in [0.1, 0.15) is 42.6 Å². The predicted molar refractivity (Wildman–Crippen MR) is 101 cm³/mol. The number of benzene rings is 1. The van der Waals surface area contributed by atoms with Crippen molar-refractivity contribution in [3.05, 3.63) is 40.4 Å². The van der Waals surface area contributed by atoms with Crippen LogP contribution in [0.2, 0.25) is 5.02 Å². The van der Waals surface area contributed by atoms with Gasteiger partial charge in [0, 0.05) is 16.0 Å². The minimum absolute atomic E-state index is 0.139. The number of carbonyl (C=O) groups excluding carboxylic acids is 3. The van der Waals surface area contributed by atoms with Crippen LogP contribution in [0.3, 0.4) is 0 Å². The van der Waals surface area contributed by atoms with Gasteiger partial charge in [0.15, 0.2) is 0 Å². The zero-order valence-electron chi connectivity index (χ0n) is 14.3. The average Bonchev–Trinajstić information content (AvgIpc) is 3.23. The molecule has 1 saturated heterocycles. The summed E-state index contributed by atoms with van der Waals surface area (Å²) < 4.78 is 0. The summed E-state index contributed by atoms with van der Waals surface area (Å²) >= 11 is 7.28. The van der Waals surface area contributed by atoms with Gasteiger partial charge < -0.3 is 5.32 Å². The van der Waals surface area contributed by atoms with Crippen molar-refractivity contribution >= 4 is 40.8 Å². The van der Waals surface area contributed by atoms with Crippen LogP contribution in [0.5, 0.6) is 0 Å². The summed E-state index contributed by atoms with van der Waals surface area (Å²) in [5.41, 5.74) is 2.45. The van der Waals surface area contributed by atoms with Crippen LogP contribution < -0.4 is 10.7 Å². The van der Waals surface area contributed by atoms with Gasteiger partial charge in [-0.15, -0.1) is 11.3 Å². The van der Waals surface area contributed by atoms with Crippen LogP contribution >= 0.6 is 22.9 Å². The van der Waals surface area contributed by atoms with Gasteiger partial charge in [0.25, 0.3) is 11.8 Å². The number of carbonyl (C=O) groups is 3. The average molecular weight is 405 g/mol. The number of imide groups is 1. The Hall–Kier alpha value is -2.45. The molecule has 2 N–H and O–H groups in total. The molecule has 27 heavy (non-hydrogen) atoms. The molecule has 0 radical (unpaired) electrons. The Morgan fingerprint density at radius 3 is 2.78 bits per heavy atom. The lowest BCUT2D eigenvalue weighted by atomic mass is 9.82. The van der Waals surface area contributed by atoms with Crippen molar-refractivity contribution in [2.24, 2.45) is 0 Å². The number of thiazole rings is 1. The Morgan fingerprint density at radius 2 is 2.04 bits per heavy atom. The third-order valence-electron chi connectivity index (χ3n) is 4.89. The van der Waals surface area contributed by atoms with E-state index in [9.17, 15) is 14.4 Å². The molecule has 1 aliphatic heterocycles. The van der Waals surface area contributed by atoms with E-state index in [-0.39, 0.29) is 5.69 Å². The Kier molecular flexibility index (Phi) is 4.61. The maximum absolute atomic E-state index is 12.7. The van der Waals surface area contributed by atoms with E-state index in [4.69, 9.17) is 11.6 Å². The minimum Gasteiger partial charge on any atom is -0.322 e. The molecule has 1 aromatic carbocycles. The first kappa shape index (κ1) is 17.9. The molecule has 0 unspecified atom stereocenters. The van der Waals surface area contributed by atoms with Crippen molar-refractivity contribution in [1.82, 2.24) is 20.7 Å². The minimum atomic E-state index is -0.878. The molecule has 0 bridgehead atoms. The normalized spacial score (nSPS) is 18.6. The predicted octanol–water partition coefficient (Wildman–Crippen LogP) is 3.36. The van der Waals surface area contributed by atoms with Crippen molar-refractivity contribution in [1.29, 1.82) is 0 Å². The lowest BCUT2D eigenvalue weighted by molar-refractivity contribution is -0.134. The number of nitrogens with one attached hydrogen (secondary N) is 2. The highest BCUT2D eigenvalue weighted by atomic mass is 35.5. The van der Waals surface area contributed by atoms with Crippen molar-refractivity contribution in [2.45, 2.75) is 37.6 Å². The Labute approximate surface area is 164 Å². The first-order chi connectivity index (χ1) is 13.0. The number of nitrogens with zero attached hydrogens (tertiary/aromatic N) is 2. The quantitative estimate of drug-likeness (QED) is 0.767. The molecular weight excluding hydrogens is 388 g/mol. The SMILES string of the molecule is O=C(NN1C(=O)NC2(CCCCC2)C1=O)c1csc(-c2cccc(Cl)c2)n1. The summed E-state index contributed by atoms with van der Waals surface area (Å²) in [6, 6.07) is 6.56. The van der Waals surface area contributed by atoms with Gasteiger partial charge in [0.2, 0.25) is 0 Å².